The lowest BCUT2D eigenvalue weighted by Crippen LogP contribution is -2.37. The Bertz CT molecular complexity index is 685. The van der Waals surface area contributed by atoms with Crippen molar-refractivity contribution in [3.63, 3.8) is 0 Å². The number of benzene rings is 1. The SMILES string of the molecule is CCc1ccc(C(=O)Nc2ccc(CCN3CCC(O)CC3)cc2)o1. The zero-order valence-corrected chi connectivity index (χ0v) is 14.7. The number of hydrogen-bond acceptors (Lipinski definition) is 4. The number of anilines is 1. The average Bonchev–Trinajstić information content (AvgIpc) is 3.12. The first-order valence-corrected chi connectivity index (χ1v) is 9.03. The summed E-state index contributed by atoms with van der Waals surface area (Å²) in [5.41, 5.74) is 2.01. The van der Waals surface area contributed by atoms with Gasteiger partial charge in [-0.3, -0.25) is 4.79 Å². The van der Waals surface area contributed by atoms with Gasteiger partial charge < -0.3 is 19.7 Å². The van der Waals surface area contributed by atoms with Crippen LogP contribution >= 0.6 is 0 Å². The molecular weight excluding hydrogens is 316 g/mol. The molecule has 1 saturated heterocycles. The number of aliphatic hydroxyl groups excluding tert-OH is 1. The number of rotatable bonds is 6. The number of aryl methyl sites for hydroxylation is 1. The first-order valence-electron chi connectivity index (χ1n) is 9.03. The summed E-state index contributed by atoms with van der Waals surface area (Å²) in [4.78, 5) is 14.5. The van der Waals surface area contributed by atoms with Gasteiger partial charge in [0.25, 0.3) is 5.91 Å². The Balaban J connectivity index is 1.49. The van der Waals surface area contributed by atoms with Gasteiger partial charge in [0.2, 0.25) is 0 Å². The predicted octanol–water partition coefficient (Wildman–Crippen LogP) is 3.09. The molecule has 0 spiro atoms. The molecule has 25 heavy (non-hydrogen) atoms. The van der Waals surface area contributed by atoms with Gasteiger partial charge in [-0.15, -0.1) is 0 Å². The van der Waals surface area contributed by atoms with E-state index in [0.717, 1.165) is 56.8 Å². The Morgan fingerprint density at radius 3 is 2.56 bits per heavy atom. The Morgan fingerprint density at radius 1 is 1.20 bits per heavy atom. The number of carbonyl (C=O) groups excluding carboxylic acids is 1. The fourth-order valence-electron chi connectivity index (χ4n) is 3.07. The summed E-state index contributed by atoms with van der Waals surface area (Å²) in [7, 11) is 0. The van der Waals surface area contributed by atoms with Crippen molar-refractivity contribution in [1.29, 1.82) is 0 Å². The van der Waals surface area contributed by atoms with Crippen LogP contribution in [0.5, 0.6) is 0 Å². The second-order valence-corrected chi connectivity index (χ2v) is 6.59. The Hall–Kier alpha value is -2.11. The molecule has 1 aromatic heterocycles. The summed E-state index contributed by atoms with van der Waals surface area (Å²) >= 11 is 0. The second kappa shape index (κ2) is 8.32. The molecule has 1 amide bonds. The molecule has 0 radical (unpaired) electrons. The van der Waals surface area contributed by atoms with Gasteiger partial charge in [-0.05, 0) is 49.1 Å². The number of carbonyl (C=O) groups is 1. The normalized spacial score (nSPS) is 16.1. The molecule has 5 nitrogen and oxygen atoms in total. The highest BCUT2D eigenvalue weighted by atomic mass is 16.3. The van der Waals surface area contributed by atoms with Crippen LogP contribution in [0, 0.1) is 0 Å². The van der Waals surface area contributed by atoms with Crippen molar-refractivity contribution in [3.8, 4) is 0 Å². The highest BCUT2D eigenvalue weighted by Crippen LogP contribution is 2.15. The number of nitrogens with one attached hydrogen (secondary N) is 1. The third-order valence-corrected chi connectivity index (χ3v) is 4.72. The van der Waals surface area contributed by atoms with E-state index < -0.39 is 0 Å². The maximum absolute atomic E-state index is 12.2. The maximum Gasteiger partial charge on any atom is 0.291 e. The van der Waals surface area contributed by atoms with Crippen LogP contribution in [0.2, 0.25) is 0 Å². The monoisotopic (exact) mass is 342 g/mol. The lowest BCUT2D eigenvalue weighted by molar-refractivity contribution is 0.0832. The lowest BCUT2D eigenvalue weighted by atomic mass is 10.1. The van der Waals surface area contributed by atoms with Crippen molar-refractivity contribution in [2.75, 3.05) is 25.0 Å². The number of likely N-dealkylation sites (tertiary alicyclic amines) is 1. The molecule has 3 rings (SSSR count). The van der Waals surface area contributed by atoms with Crippen molar-refractivity contribution < 1.29 is 14.3 Å². The molecule has 5 heteroatoms. The standard InChI is InChI=1S/C20H26N2O3/c1-2-18-7-8-19(25-18)20(24)21-16-5-3-15(4-6-16)9-12-22-13-10-17(23)11-14-22/h3-8,17,23H,2,9-14H2,1H3,(H,21,24). The third-order valence-electron chi connectivity index (χ3n) is 4.72. The third kappa shape index (κ3) is 4.94. The number of aliphatic hydroxyl groups is 1. The van der Waals surface area contributed by atoms with Crippen LogP contribution in [-0.4, -0.2) is 41.7 Å². The van der Waals surface area contributed by atoms with Gasteiger partial charge in [-0.2, -0.15) is 0 Å². The van der Waals surface area contributed by atoms with E-state index in [1.54, 1.807) is 6.07 Å². The van der Waals surface area contributed by atoms with E-state index in [1.165, 1.54) is 5.56 Å². The lowest BCUT2D eigenvalue weighted by Gasteiger charge is -2.29. The zero-order valence-electron chi connectivity index (χ0n) is 14.7. The Morgan fingerprint density at radius 2 is 1.92 bits per heavy atom. The van der Waals surface area contributed by atoms with Gasteiger partial charge in [-0.1, -0.05) is 19.1 Å². The molecule has 0 saturated carbocycles. The molecule has 0 aliphatic carbocycles. The summed E-state index contributed by atoms with van der Waals surface area (Å²) in [5, 5.41) is 12.4. The largest absolute Gasteiger partial charge is 0.456 e. The molecule has 2 heterocycles. The van der Waals surface area contributed by atoms with E-state index in [9.17, 15) is 9.90 Å². The molecule has 134 valence electrons. The number of furan rings is 1. The van der Waals surface area contributed by atoms with Crippen molar-refractivity contribution in [2.45, 2.75) is 38.7 Å². The predicted molar refractivity (Wildman–Crippen MR) is 97.9 cm³/mol. The Labute approximate surface area is 148 Å². The fraction of sp³-hybridized carbons (Fsp3) is 0.450. The van der Waals surface area contributed by atoms with Crippen molar-refractivity contribution >= 4 is 11.6 Å². The van der Waals surface area contributed by atoms with Gasteiger partial charge in [0.15, 0.2) is 5.76 Å². The maximum atomic E-state index is 12.2. The van der Waals surface area contributed by atoms with Gasteiger partial charge in [0.05, 0.1) is 6.10 Å². The van der Waals surface area contributed by atoms with E-state index in [2.05, 4.69) is 10.2 Å². The quantitative estimate of drug-likeness (QED) is 0.847. The molecule has 0 unspecified atom stereocenters. The summed E-state index contributed by atoms with van der Waals surface area (Å²) in [6, 6.07) is 11.5. The molecule has 0 bridgehead atoms. The number of hydrogen-bond donors (Lipinski definition) is 2. The summed E-state index contributed by atoms with van der Waals surface area (Å²) in [6.07, 6.45) is 3.37. The van der Waals surface area contributed by atoms with E-state index >= 15 is 0 Å². The molecule has 0 atom stereocenters. The van der Waals surface area contributed by atoms with Gasteiger partial charge >= 0.3 is 0 Å². The fourth-order valence-corrected chi connectivity index (χ4v) is 3.07. The van der Waals surface area contributed by atoms with E-state index in [0.29, 0.717) is 5.76 Å². The van der Waals surface area contributed by atoms with Crippen LogP contribution in [0.1, 0.15) is 41.6 Å². The smallest absolute Gasteiger partial charge is 0.291 e. The first kappa shape index (κ1) is 17.7. The first-order chi connectivity index (χ1) is 12.1. The highest BCUT2D eigenvalue weighted by Gasteiger charge is 2.16. The van der Waals surface area contributed by atoms with E-state index in [4.69, 9.17) is 4.42 Å². The molecular formula is C20H26N2O3. The zero-order chi connectivity index (χ0) is 17.6. The minimum absolute atomic E-state index is 0.123. The van der Waals surface area contributed by atoms with Crippen molar-refractivity contribution in [1.82, 2.24) is 4.90 Å². The van der Waals surface area contributed by atoms with Crippen LogP contribution in [0.3, 0.4) is 0 Å². The average molecular weight is 342 g/mol. The molecule has 1 aromatic carbocycles. The topological polar surface area (TPSA) is 65.7 Å². The van der Waals surface area contributed by atoms with Crippen molar-refractivity contribution in [2.24, 2.45) is 0 Å². The minimum atomic E-state index is -0.223. The van der Waals surface area contributed by atoms with Gasteiger partial charge in [-0.25, -0.2) is 0 Å². The van der Waals surface area contributed by atoms with E-state index in [1.807, 2.05) is 37.3 Å². The van der Waals surface area contributed by atoms with Crippen LogP contribution in [0.15, 0.2) is 40.8 Å². The summed E-state index contributed by atoms with van der Waals surface area (Å²) in [5.74, 6) is 0.929. The van der Waals surface area contributed by atoms with Gasteiger partial charge in [0, 0.05) is 31.7 Å². The molecule has 2 N–H and O–H groups in total. The highest BCUT2D eigenvalue weighted by molar-refractivity contribution is 6.02. The van der Waals surface area contributed by atoms with Crippen LogP contribution in [-0.2, 0) is 12.8 Å². The number of piperidine rings is 1. The minimum Gasteiger partial charge on any atom is -0.456 e. The van der Waals surface area contributed by atoms with Crippen LogP contribution in [0.25, 0.3) is 0 Å². The summed E-state index contributed by atoms with van der Waals surface area (Å²) < 4.78 is 5.47. The number of nitrogens with zero attached hydrogens (tertiary/aromatic N) is 1. The number of amides is 1. The molecule has 1 aliphatic heterocycles. The molecule has 1 aliphatic rings. The Kier molecular flexibility index (Phi) is 5.89. The van der Waals surface area contributed by atoms with E-state index in [-0.39, 0.29) is 12.0 Å². The van der Waals surface area contributed by atoms with Crippen LogP contribution in [0.4, 0.5) is 5.69 Å². The van der Waals surface area contributed by atoms with Crippen LogP contribution < -0.4 is 5.32 Å². The summed E-state index contributed by atoms with van der Waals surface area (Å²) in [6.45, 7) is 4.94. The van der Waals surface area contributed by atoms with Gasteiger partial charge in [0.1, 0.15) is 5.76 Å². The van der Waals surface area contributed by atoms with Crippen molar-refractivity contribution in [3.05, 3.63) is 53.5 Å². The molecule has 1 fully saturated rings. The second-order valence-electron chi connectivity index (χ2n) is 6.59. The molecule has 2 aromatic rings.